The predicted octanol–water partition coefficient (Wildman–Crippen LogP) is 2.54. The highest BCUT2D eigenvalue weighted by molar-refractivity contribution is 7.07. The Kier molecular flexibility index (Phi) is 4.84. The molecule has 5 heteroatoms. The number of thiazole rings is 1. The number of hydrogen-bond acceptors (Lipinski definition) is 4. The zero-order valence-corrected chi connectivity index (χ0v) is 15.2. The van der Waals surface area contributed by atoms with Gasteiger partial charge in [0.25, 0.3) is 5.56 Å². The predicted molar refractivity (Wildman–Crippen MR) is 103 cm³/mol. The summed E-state index contributed by atoms with van der Waals surface area (Å²) >= 11 is 1.16. The van der Waals surface area contributed by atoms with Crippen LogP contribution >= 0.6 is 11.3 Å². The van der Waals surface area contributed by atoms with Gasteiger partial charge in [0.05, 0.1) is 10.2 Å². The summed E-state index contributed by atoms with van der Waals surface area (Å²) in [6.07, 6.45) is 1.78. The summed E-state index contributed by atoms with van der Waals surface area (Å²) < 4.78 is 2.34. The van der Waals surface area contributed by atoms with E-state index >= 15 is 0 Å². The minimum Gasteiger partial charge on any atom is -0.267 e. The van der Waals surface area contributed by atoms with Crippen LogP contribution in [0.2, 0.25) is 0 Å². The smallest absolute Gasteiger partial charge is 0.267 e. The molecule has 0 aliphatic carbocycles. The van der Waals surface area contributed by atoms with Gasteiger partial charge in [-0.1, -0.05) is 48.5 Å². The Balaban J connectivity index is 2.49. The molecule has 0 fully saturated rings. The molecule has 1 aromatic heterocycles. The third-order valence-electron chi connectivity index (χ3n) is 4.02. The van der Waals surface area contributed by atoms with E-state index in [2.05, 4.69) is 0 Å². The molecule has 126 valence electrons. The summed E-state index contributed by atoms with van der Waals surface area (Å²) in [6.45, 7) is 3.82. The summed E-state index contributed by atoms with van der Waals surface area (Å²) in [5.74, 6) is 0. The van der Waals surface area contributed by atoms with Crippen LogP contribution in [0.4, 0.5) is 0 Å². The number of aromatic nitrogens is 1. The first-order valence-electron chi connectivity index (χ1n) is 7.96. The van der Waals surface area contributed by atoms with Gasteiger partial charge in [-0.3, -0.25) is 9.36 Å². The van der Waals surface area contributed by atoms with Crippen molar-refractivity contribution in [1.82, 2.24) is 4.57 Å². The van der Waals surface area contributed by atoms with Crippen molar-refractivity contribution in [3.8, 4) is 17.8 Å². The Morgan fingerprint density at radius 3 is 2.19 bits per heavy atom. The molecular weight excluding hydrogens is 342 g/mol. The van der Waals surface area contributed by atoms with E-state index < -0.39 is 0 Å². The Morgan fingerprint density at radius 2 is 1.62 bits per heavy atom. The molecule has 2 aromatic carbocycles. The van der Waals surface area contributed by atoms with Crippen LogP contribution in [-0.2, 0) is 0 Å². The fraction of sp³-hybridized carbons (Fsp3) is 0.0952. The Hall–Kier alpha value is -3.41. The topological polar surface area (TPSA) is 69.6 Å². The molecule has 0 aliphatic rings. The van der Waals surface area contributed by atoms with E-state index in [-0.39, 0.29) is 11.1 Å². The quantitative estimate of drug-likeness (QED) is 0.708. The van der Waals surface area contributed by atoms with Crippen LogP contribution in [0, 0.1) is 36.5 Å². The lowest BCUT2D eigenvalue weighted by atomic mass is 10.1. The Bertz CT molecular complexity index is 1200. The highest BCUT2D eigenvalue weighted by Crippen LogP contribution is 2.16. The zero-order valence-electron chi connectivity index (χ0n) is 14.4. The maximum atomic E-state index is 13.1. The lowest BCUT2D eigenvalue weighted by Crippen LogP contribution is -2.31. The Morgan fingerprint density at radius 1 is 1.00 bits per heavy atom. The molecule has 0 unspecified atom stereocenters. The number of nitrogens with zero attached hydrogens (tertiary/aromatic N) is 3. The maximum absolute atomic E-state index is 13.1. The van der Waals surface area contributed by atoms with Gasteiger partial charge in [0.2, 0.25) is 0 Å². The summed E-state index contributed by atoms with van der Waals surface area (Å²) in [6, 6.07) is 19.1. The van der Waals surface area contributed by atoms with Gasteiger partial charge >= 0.3 is 0 Å². The minimum atomic E-state index is -0.228. The monoisotopic (exact) mass is 357 g/mol. The van der Waals surface area contributed by atoms with Gasteiger partial charge < -0.3 is 0 Å². The molecule has 0 bridgehead atoms. The van der Waals surface area contributed by atoms with Gasteiger partial charge in [0.1, 0.15) is 16.8 Å². The SMILES string of the molecule is Cc1cccc(C)c1-n1c(=C(C#N)C#N)s/c(=C/c2ccccc2)c1=O. The molecule has 0 saturated heterocycles. The zero-order chi connectivity index (χ0) is 18.7. The van der Waals surface area contributed by atoms with E-state index in [1.807, 2.05) is 74.5 Å². The molecule has 26 heavy (non-hydrogen) atoms. The highest BCUT2D eigenvalue weighted by Gasteiger charge is 2.14. The molecule has 0 aliphatic heterocycles. The average Bonchev–Trinajstić information content (AvgIpc) is 2.94. The van der Waals surface area contributed by atoms with Crippen molar-refractivity contribution in [1.29, 1.82) is 10.5 Å². The first kappa shape index (κ1) is 17.4. The maximum Gasteiger partial charge on any atom is 0.273 e. The number of para-hydroxylation sites is 1. The van der Waals surface area contributed by atoms with Crippen LogP contribution in [0.5, 0.6) is 0 Å². The number of rotatable bonds is 2. The molecular formula is C21H15N3OS. The standard InChI is InChI=1S/C21H15N3OS/c1-14-7-6-8-15(2)19(14)24-20(25)18(11-16-9-4-3-5-10-16)26-21(24)17(12-22)13-23/h3-11H,1-2H3/b18-11+. The number of benzene rings is 2. The van der Waals surface area contributed by atoms with Crippen molar-refractivity contribution in [3.63, 3.8) is 0 Å². The van der Waals surface area contributed by atoms with Crippen molar-refractivity contribution >= 4 is 23.0 Å². The van der Waals surface area contributed by atoms with E-state index in [9.17, 15) is 15.3 Å². The molecule has 0 N–H and O–H groups in total. The van der Waals surface area contributed by atoms with Crippen molar-refractivity contribution in [2.75, 3.05) is 0 Å². The molecule has 1 heterocycles. The summed E-state index contributed by atoms with van der Waals surface area (Å²) in [5, 5.41) is 18.7. The average molecular weight is 357 g/mol. The van der Waals surface area contributed by atoms with Gasteiger partial charge in [-0.05, 0) is 36.6 Å². The number of nitriles is 2. The van der Waals surface area contributed by atoms with Crippen molar-refractivity contribution in [2.24, 2.45) is 0 Å². The molecule has 4 nitrogen and oxygen atoms in total. The fourth-order valence-corrected chi connectivity index (χ4v) is 3.87. The Labute approximate surface area is 154 Å². The van der Waals surface area contributed by atoms with Crippen LogP contribution in [0.25, 0.3) is 17.3 Å². The van der Waals surface area contributed by atoms with E-state index in [4.69, 9.17) is 0 Å². The van der Waals surface area contributed by atoms with Gasteiger partial charge in [-0.25, -0.2) is 0 Å². The van der Waals surface area contributed by atoms with E-state index in [1.54, 1.807) is 6.08 Å². The summed E-state index contributed by atoms with van der Waals surface area (Å²) in [5.41, 5.74) is 3.14. The van der Waals surface area contributed by atoms with Crippen LogP contribution in [-0.4, -0.2) is 4.57 Å². The van der Waals surface area contributed by atoms with Crippen LogP contribution in [0.1, 0.15) is 16.7 Å². The number of aryl methyl sites for hydroxylation is 2. The highest BCUT2D eigenvalue weighted by atomic mass is 32.1. The third kappa shape index (κ3) is 3.09. The molecule has 0 atom stereocenters. The van der Waals surface area contributed by atoms with Gasteiger partial charge in [-0.2, -0.15) is 10.5 Å². The van der Waals surface area contributed by atoms with Crippen molar-refractivity contribution in [2.45, 2.75) is 13.8 Å². The van der Waals surface area contributed by atoms with Gasteiger partial charge in [-0.15, -0.1) is 11.3 Å². The van der Waals surface area contributed by atoms with Crippen LogP contribution in [0.3, 0.4) is 0 Å². The van der Waals surface area contributed by atoms with E-state index in [1.165, 1.54) is 4.57 Å². The molecule has 0 amide bonds. The van der Waals surface area contributed by atoms with Crippen LogP contribution < -0.4 is 14.8 Å². The van der Waals surface area contributed by atoms with Gasteiger partial charge in [0, 0.05) is 0 Å². The lowest BCUT2D eigenvalue weighted by Gasteiger charge is -2.10. The third-order valence-corrected chi connectivity index (χ3v) is 5.11. The minimum absolute atomic E-state index is 0.0672. The van der Waals surface area contributed by atoms with E-state index in [0.29, 0.717) is 9.20 Å². The molecule has 3 aromatic rings. The first-order chi connectivity index (χ1) is 12.6. The summed E-state index contributed by atoms with van der Waals surface area (Å²) in [7, 11) is 0. The second kappa shape index (κ2) is 7.23. The van der Waals surface area contributed by atoms with Crippen molar-refractivity contribution in [3.05, 3.63) is 84.8 Å². The second-order valence-corrected chi connectivity index (χ2v) is 6.84. The molecule has 0 spiro atoms. The molecule has 0 radical (unpaired) electrons. The lowest BCUT2D eigenvalue weighted by molar-refractivity contribution is 0.962. The first-order valence-corrected chi connectivity index (χ1v) is 8.78. The van der Waals surface area contributed by atoms with Crippen LogP contribution in [0.15, 0.2) is 53.3 Å². The van der Waals surface area contributed by atoms with Crippen molar-refractivity contribution < 1.29 is 0 Å². The largest absolute Gasteiger partial charge is 0.273 e. The normalized spacial score (nSPS) is 11.0. The number of hydrogen-bond donors (Lipinski definition) is 0. The fourth-order valence-electron chi connectivity index (χ4n) is 2.83. The second-order valence-electron chi connectivity index (χ2n) is 5.81. The molecule has 3 rings (SSSR count). The summed E-state index contributed by atoms with van der Waals surface area (Å²) in [4.78, 5) is 13.1. The van der Waals surface area contributed by atoms with E-state index in [0.717, 1.165) is 33.7 Å². The molecule has 0 saturated carbocycles. The van der Waals surface area contributed by atoms with Gasteiger partial charge in [0.15, 0.2) is 5.57 Å².